The Labute approximate surface area is 164 Å². The highest BCUT2D eigenvalue weighted by atomic mass is 16.3. The van der Waals surface area contributed by atoms with Crippen LogP contribution in [0.3, 0.4) is 0 Å². The maximum Gasteiger partial charge on any atom is 0.135 e. The van der Waals surface area contributed by atoms with E-state index in [1.807, 2.05) is 18.2 Å². The number of hydrogen-bond donors (Lipinski definition) is 0. The van der Waals surface area contributed by atoms with E-state index >= 15 is 0 Å². The van der Waals surface area contributed by atoms with Gasteiger partial charge in [0.25, 0.3) is 0 Å². The van der Waals surface area contributed by atoms with Crippen LogP contribution >= 0.6 is 0 Å². The van der Waals surface area contributed by atoms with Gasteiger partial charge in [0.1, 0.15) is 11.5 Å². The zero-order chi connectivity index (χ0) is 19.9. The molecule has 1 aliphatic heterocycles. The molecule has 5 nitrogen and oxygen atoms in total. The zero-order valence-electron chi connectivity index (χ0n) is 17.4. The molecule has 0 aromatic heterocycles. The fraction of sp³-hybridized carbons (Fsp3) is 0.682. The molecule has 1 heterocycles. The third-order valence-electron chi connectivity index (χ3n) is 6.45. The molecule has 1 atom stereocenters. The van der Waals surface area contributed by atoms with Crippen LogP contribution in [-0.4, -0.2) is 43.4 Å². The monoisotopic (exact) mass is 373 g/mol. The molecule has 1 unspecified atom stereocenters. The van der Waals surface area contributed by atoms with Gasteiger partial charge in [0, 0.05) is 37.3 Å². The fourth-order valence-electron chi connectivity index (χ4n) is 4.33. The summed E-state index contributed by atoms with van der Waals surface area (Å²) in [6.07, 6.45) is 4.02. The molecule has 2 rings (SSSR count). The van der Waals surface area contributed by atoms with E-state index in [1.54, 1.807) is 13.0 Å². The van der Waals surface area contributed by atoms with E-state index in [9.17, 15) is 9.70 Å². The highest BCUT2D eigenvalue weighted by molar-refractivity contribution is 5.82. The molecule has 5 heteroatoms. The molecule has 1 saturated heterocycles. The Morgan fingerprint density at radius 1 is 1.19 bits per heavy atom. The Balaban J connectivity index is 1.80. The molecule has 0 amide bonds. The molecular formula is C22H35N3O2. The van der Waals surface area contributed by atoms with Gasteiger partial charge in [0.05, 0.1) is 0 Å². The second-order valence-electron chi connectivity index (χ2n) is 8.08. The Kier molecular flexibility index (Phi) is 7.96. The van der Waals surface area contributed by atoms with E-state index in [0.29, 0.717) is 17.4 Å². The number of hydrogen-bond acceptors (Lipinski definition) is 5. The van der Waals surface area contributed by atoms with Crippen molar-refractivity contribution >= 4 is 17.2 Å². The molecule has 1 aromatic carbocycles. The number of nitroso groups, excluding NO2 is 1. The summed E-state index contributed by atoms with van der Waals surface area (Å²) in [6.45, 7) is 13.4. The SMILES string of the molecule is CCC(CC)(CC(C)CCN1CCN(c2cccc(N=O)c2)CC1)C(C)=O. The normalized spacial score (nSPS) is 17.0. The second kappa shape index (κ2) is 9.98. The smallest absolute Gasteiger partial charge is 0.135 e. The summed E-state index contributed by atoms with van der Waals surface area (Å²) in [4.78, 5) is 27.7. The first-order valence-corrected chi connectivity index (χ1v) is 10.4. The number of carbonyl (C=O) groups is 1. The number of carbonyl (C=O) groups excluding carboxylic acids is 1. The van der Waals surface area contributed by atoms with Crippen molar-refractivity contribution in [3.05, 3.63) is 29.2 Å². The third kappa shape index (κ3) is 5.61. The van der Waals surface area contributed by atoms with Crippen molar-refractivity contribution in [3.8, 4) is 0 Å². The minimum absolute atomic E-state index is 0.129. The molecule has 0 saturated carbocycles. The van der Waals surface area contributed by atoms with Crippen molar-refractivity contribution in [1.82, 2.24) is 4.90 Å². The topological polar surface area (TPSA) is 53.0 Å². The number of nitrogens with zero attached hydrogens (tertiary/aromatic N) is 3. The second-order valence-corrected chi connectivity index (χ2v) is 8.08. The maximum atomic E-state index is 12.1. The van der Waals surface area contributed by atoms with Gasteiger partial charge in [-0.05, 0) is 68.4 Å². The highest BCUT2D eigenvalue weighted by Crippen LogP contribution is 2.36. The first kappa shape index (κ1) is 21.5. The maximum absolute atomic E-state index is 12.1. The van der Waals surface area contributed by atoms with Crippen molar-refractivity contribution in [2.24, 2.45) is 16.5 Å². The average Bonchev–Trinajstić information content (AvgIpc) is 2.70. The third-order valence-corrected chi connectivity index (χ3v) is 6.45. The van der Waals surface area contributed by atoms with Gasteiger partial charge in [-0.1, -0.05) is 26.8 Å². The van der Waals surface area contributed by atoms with Gasteiger partial charge in [-0.25, -0.2) is 0 Å². The summed E-state index contributed by atoms with van der Waals surface area (Å²) in [6, 6.07) is 7.54. The molecule has 0 aliphatic carbocycles. The number of anilines is 1. The van der Waals surface area contributed by atoms with Crippen molar-refractivity contribution < 1.29 is 4.79 Å². The van der Waals surface area contributed by atoms with Gasteiger partial charge < -0.3 is 4.90 Å². The van der Waals surface area contributed by atoms with Crippen LogP contribution in [0.2, 0.25) is 0 Å². The van der Waals surface area contributed by atoms with Crippen LogP contribution in [-0.2, 0) is 4.79 Å². The molecule has 0 bridgehead atoms. The Morgan fingerprint density at radius 2 is 1.85 bits per heavy atom. The number of ketones is 1. The molecule has 0 spiro atoms. The van der Waals surface area contributed by atoms with E-state index in [-0.39, 0.29) is 5.41 Å². The molecule has 1 fully saturated rings. The summed E-state index contributed by atoms with van der Waals surface area (Å²) in [5.41, 5.74) is 1.44. The largest absolute Gasteiger partial charge is 0.369 e. The molecule has 27 heavy (non-hydrogen) atoms. The lowest BCUT2D eigenvalue weighted by molar-refractivity contribution is -0.128. The van der Waals surface area contributed by atoms with Crippen molar-refractivity contribution in [3.63, 3.8) is 0 Å². The summed E-state index contributed by atoms with van der Waals surface area (Å²) in [5.74, 6) is 0.905. The predicted octanol–water partition coefficient (Wildman–Crippen LogP) is 5.02. The van der Waals surface area contributed by atoms with E-state index < -0.39 is 0 Å². The first-order chi connectivity index (χ1) is 12.9. The van der Waals surface area contributed by atoms with E-state index in [2.05, 4.69) is 35.7 Å². The van der Waals surface area contributed by atoms with Crippen molar-refractivity contribution in [2.45, 2.75) is 53.4 Å². The lowest BCUT2D eigenvalue weighted by Crippen LogP contribution is -2.47. The van der Waals surface area contributed by atoms with Crippen LogP contribution < -0.4 is 4.90 Å². The number of Topliss-reactive ketones (excluding diaryl/α,β-unsaturated/α-hetero) is 1. The van der Waals surface area contributed by atoms with E-state index in [1.165, 1.54) is 0 Å². The molecule has 0 N–H and O–H groups in total. The Morgan fingerprint density at radius 3 is 2.41 bits per heavy atom. The molecule has 1 aromatic rings. The number of piperazine rings is 1. The van der Waals surface area contributed by atoms with Gasteiger partial charge in [-0.15, -0.1) is 4.91 Å². The molecule has 0 radical (unpaired) electrons. The Bertz CT molecular complexity index is 620. The molecular weight excluding hydrogens is 338 g/mol. The number of benzene rings is 1. The van der Waals surface area contributed by atoms with Gasteiger partial charge in [-0.2, -0.15) is 0 Å². The van der Waals surface area contributed by atoms with Gasteiger partial charge in [0.2, 0.25) is 0 Å². The van der Waals surface area contributed by atoms with Crippen molar-refractivity contribution in [1.29, 1.82) is 0 Å². The van der Waals surface area contributed by atoms with Crippen LogP contribution in [0.15, 0.2) is 29.4 Å². The summed E-state index contributed by atoms with van der Waals surface area (Å²) in [7, 11) is 0. The van der Waals surface area contributed by atoms with Crippen LogP contribution in [0.5, 0.6) is 0 Å². The van der Waals surface area contributed by atoms with E-state index in [4.69, 9.17) is 0 Å². The lowest BCUT2D eigenvalue weighted by atomic mass is 9.72. The fourth-order valence-corrected chi connectivity index (χ4v) is 4.33. The van der Waals surface area contributed by atoms with E-state index in [0.717, 1.165) is 64.1 Å². The van der Waals surface area contributed by atoms with Crippen LogP contribution in [0.1, 0.15) is 53.4 Å². The van der Waals surface area contributed by atoms with Gasteiger partial charge in [0.15, 0.2) is 0 Å². The molecule has 150 valence electrons. The zero-order valence-corrected chi connectivity index (χ0v) is 17.4. The first-order valence-electron chi connectivity index (χ1n) is 10.4. The minimum atomic E-state index is -0.129. The average molecular weight is 374 g/mol. The van der Waals surface area contributed by atoms with Crippen LogP contribution in [0.4, 0.5) is 11.4 Å². The van der Waals surface area contributed by atoms with Gasteiger partial charge in [-0.3, -0.25) is 9.69 Å². The van der Waals surface area contributed by atoms with Crippen molar-refractivity contribution in [2.75, 3.05) is 37.6 Å². The standard InChI is InChI=1S/C22H35N3O2/c1-5-22(6-2,19(4)26)17-18(3)10-11-24-12-14-25(15-13-24)21-9-7-8-20(16-21)23-27/h7-9,16,18H,5-6,10-15,17H2,1-4H3. The van der Waals surface area contributed by atoms with Crippen LogP contribution in [0, 0.1) is 16.2 Å². The number of rotatable bonds is 10. The van der Waals surface area contributed by atoms with Crippen LogP contribution in [0.25, 0.3) is 0 Å². The highest BCUT2D eigenvalue weighted by Gasteiger charge is 2.33. The molecule has 1 aliphatic rings. The van der Waals surface area contributed by atoms with Gasteiger partial charge >= 0.3 is 0 Å². The lowest BCUT2D eigenvalue weighted by Gasteiger charge is -2.37. The quantitative estimate of drug-likeness (QED) is 0.541. The summed E-state index contributed by atoms with van der Waals surface area (Å²) < 4.78 is 0. The minimum Gasteiger partial charge on any atom is -0.369 e. The summed E-state index contributed by atoms with van der Waals surface area (Å²) >= 11 is 0. The predicted molar refractivity (Wildman–Crippen MR) is 113 cm³/mol. The Hall–Kier alpha value is -1.75. The summed E-state index contributed by atoms with van der Waals surface area (Å²) in [5, 5.41) is 3.03.